The van der Waals surface area contributed by atoms with Crippen LogP contribution < -0.4 is 5.73 Å². The molecule has 6 heteroatoms. The topological polar surface area (TPSA) is 76.5 Å². The van der Waals surface area contributed by atoms with Crippen molar-refractivity contribution in [2.24, 2.45) is 11.7 Å². The van der Waals surface area contributed by atoms with Crippen LogP contribution in [-0.4, -0.2) is 29.8 Å². The molecule has 0 aliphatic carbocycles. The van der Waals surface area contributed by atoms with Crippen LogP contribution in [0.4, 0.5) is 0 Å². The van der Waals surface area contributed by atoms with Crippen LogP contribution in [0.25, 0.3) is 11.0 Å². The molecule has 1 aliphatic heterocycles. The molecule has 2 N–H and O–H groups in total. The number of amides is 2. The second-order valence-corrected chi connectivity index (χ2v) is 6.18. The molecule has 2 aromatic rings. The van der Waals surface area contributed by atoms with E-state index < -0.39 is 0 Å². The molecule has 0 unspecified atom stereocenters. The Morgan fingerprint density at radius 1 is 1.24 bits per heavy atom. The summed E-state index contributed by atoms with van der Waals surface area (Å²) in [6.45, 7) is 1.07. The third-order valence-corrected chi connectivity index (χ3v) is 4.37. The van der Waals surface area contributed by atoms with E-state index in [1.54, 1.807) is 11.0 Å². The Morgan fingerprint density at radius 3 is 2.62 bits per heavy atom. The lowest BCUT2D eigenvalue weighted by atomic mass is 9.96. The van der Waals surface area contributed by atoms with E-state index in [0.29, 0.717) is 37.3 Å². The summed E-state index contributed by atoms with van der Waals surface area (Å²) in [7, 11) is 0. The van der Waals surface area contributed by atoms with Crippen LogP contribution in [-0.2, 0) is 4.79 Å². The molecule has 0 bridgehead atoms. The van der Waals surface area contributed by atoms with Gasteiger partial charge in [-0.2, -0.15) is 0 Å². The van der Waals surface area contributed by atoms with E-state index in [1.165, 1.54) is 0 Å². The average molecular weight is 351 g/mol. The van der Waals surface area contributed by atoms with Crippen molar-refractivity contribution in [3.05, 3.63) is 34.5 Å². The fraction of sp³-hybridized carbons (Fsp3) is 0.333. The number of fused-ring (bicyclic) bond motifs is 1. The Balaban J connectivity index is 1.76. The molecular formula is C15H15BrN2O3. The van der Waals surface area contributed by atoms with Gasteiger partial charge in [0.2, 0.25) is 5.91 Å². The van der Waals surface area contributed by atoms with Gasteiger partial charge < -0.3 is 15.1 Å². The largest absolute Gasteiger partial charge is 0.451 e. The van der Waals surface area contributed by atoms with E-state index in [4.69, 9.17) is 10.2 Å². The molecule has 2 heterocycles. The van der Waals surface area contributed by atoms with E-state index in [1.807, 2.05) is 18.2 Å². The third-order valence-electron chi connectivity index (χ3n) is 3.87. The first kappa shape index (κ1) is 14.1. The molecule has 1 aromatic heterocycles. The second-order valence-electron chi connectivity index (χ2n) is 5.26. The van der Waals surface area contributed by atoms with Crippen molar-refractivity contribution in [1.29, 1.82) is 0 Å². The lowest BCUT2D eigenvalue weighted by Gasteiger charge is -2.29. The fourth-order valence-corrected chi connectivity index (χ4v) is 3.02. The van der Waals surface area contributed by atoms with Gasteiger partial charge in [0.25, 0.3) is 5.91 Å². The zero-order valence-corrected chi connectivity index (χ0v) is 12.9. The van der Waals surface area contributed by atoms with Crippen LogP contribution >= 0.6 is 15.9 Å². The van der Waals surface area contributed by atoms with Crippen molar-refractivity contribution in [3.63, 3.8) is 0 Å². The summed E-state index contributed by atoms with van der Waals surface area (Å²) in [4.78, 5) is 25.3. The van der Waals surface area contributed by atoms with Gasteiger partial charge in [-0.05, 0) is 37.1 Å². The molecule has 1 saturated heterocycles. The number of rotatable bonds is 2. The first-order valence-electron chi connectivity index (χ1n) is 6.82. The SMILES string of the molecule is NC(=O)C1CCN(C(=O)c2cc3cc(Br)ccc3o2)CC1. The van der Waals surface area contributed by atoms with E-state index in [0.717, 1.165) is 9.86 Å². The van der Waals surface area contributed by atoms with Crippen LogP contribution in [0, 0.1) is 5.92 Å². The Kier molecular flexibility index (Phi) is 3.71. The number of carbonyl (C=O) groups excluding carboxylic acids is 2. The Morgan fingerprint density at radius 2 is 1.95 bits per heavy atom. The minimum atomic E-state index is -0.282. The van der Waals surface area contributed by atoms with E-state index >= 15 is 0 Å². The molecule has 1 aliphatic rings. The smallest absolute Gasteiger partial charge is 0.289 e. The standard InChI is InChI=1S/C15H15BrN2O3/c16-11-1-2-12-10(7-11)8-13(21-12)15(20)18-5-3-9(4-6-18)14(17)19/h1-2,7-9H,3-6H2,(H2,17,19). The summed E-state index contributed by atoms with van der Waals surface area (Å²) >= 11 is 3.39. The first-order chi connectivity index (χ1) is 10.0. The van der Waals surface area contributed by atoms with Gasteiger partial charge in [0.15, 0.2) is 5.76 Å². The number of hydrogen-bond donors (Lipinski definition) is 1. The molecule has 0 radical (unpaired) electrons. The highest BCUT2D eigenvalue weighted by Crippen LogP contribution is 2.25. The molecule has 2 amide bonds. The van der Waals surface area contributed by atoms with Gasteiger partial charge in [-0.3, -0.25) is 9.59 Å². The maximum atomic E-state index is 12.4. The lowest BCUT2D eigenvalue weighted by Crippen LogP contribution is -2.41. The molecule has 1 aromatic carbocycles. The fourth-order valence-electron chi connectivity index (χ4n) is 2.64. The third kappa shape index (κ3) is 2.81. The number of furan rings is 1. The van der Waals surface area contributed by atoms with E-state index in [-0.39, 0.29) is 17.7 Å². The van der Waals surface area contributed by atoms with Gasteiger partial charge in [0.1, 0.15) is 5.58 Å². The zero-order chi connectivity index (χ0) is 15.0. The van der Waals surface area contributed by atoms with Crippen molar-refractivity contribution >= 4 is 38.7 Å². The maximum absolute atomic E-state index is 12.4. The zero-order valence-electron chi connectivity index (χ0n) is 11.3. The van der Waals surface area contributed by atoms with Gasteiger partial charge in [-0.25, -0.2) is 0 Å². The number of hydrogen-bond acceptors (Lipinski definition) is 3. The van der Waals surface area contributed by atoms with Crippen LogP contribution in [0.3, 0.4) is 0 Å². The quantitative estimate of drug-likeness (QED) is 0.903. The molecular weight excluding hydrogens is 336 g/mol. The van der Waals surface area contributed by atoms with Gasteiger partial charge >= 0.3 is 0 Å². The summed E-state index contributed by atoms with van der Waals surface area (Å²) < 4.78 is 6.55. The highest BCUT2D eigenvalue weighted by Gasteiger charge is 2.27. The number of benzene rings is 1. The van der Waals surface area contributed by atoms with Crippen molar-refractivity contribution in [1.82, 2.24) is 4.90 Å². The maximum Gasteiger partial charge on any atom is 0.289 e. The number of likely N-dealkylation sites (tertiary alicyclic amines) is 1. The number of nitrogens with zero attached hydrogens (tertiary/aromatic N) is 1. The second kappa shape index (κ2) is 5.52. The molecule has 110 valence electrons. The molecule has 0 saturated carbocycles. The summed E-state index contributed by atoms with van der Waals surface area (Å²) in [5, 5.41) is 0.889. The van der Waals surface area contributed by atoms with Gasteiger partial charge in [0, 0.05) is 28.9 Å². The number of primary amides is 1. The normalized spacial score (nSPS) is 16.3. The molecule has 5 nitrogen and oxygen atoms in total. The van der Waals surface area contributed by atoms with E-state index in [9.17, 15) is 9.59 Å². The summed E-state index contributed by atoms with van der Waals surface area (Å²) in [6, 6.07) is 7.37. The first-order valence-corrected chi connectivity index (χ1v) is 7.61. The number of nitrogens with two attached hydrogens (primary N) is 1. The van der Waals surface area contributed by atoms with Crippen LogP contribution in [0.5, 0.6) is 0 Å². The summed E-state index contributed by atoms with van der Waals surface area (Å²) in [6.07, 6.45) is 1.24. The molecule has 0 spiro atoms. The van der Waals surface area contributed by atoms with Gasteiger partial charge in [0.05, 0.1) is 0 Å². The minimum absolute atomic E-state index is 0.124. The Hall–Kier alpha value is -1.82. The molecule has 0 atom stereocenters. The van der Waals surface area contributed by atoms with Gasteiger partial charge in [-0.15, -0.1) is 0 Å². The predicted octanol–water partition coefficient (Wildman–Crippen LogP) is 2.53. The predicted molar refractivity (Wildman–Crippen MR) is 81.7 cm³/mol. The van der Waals surface area contributed by atoms with Crippen LogP contribution in [0.15, 0.2) is 33.2 Å². The van der Waals surface area contributed by atoms with Crippen molar-refractivity contribution < 1.29 is 14.0 Å². The Bertz CT molecular complexity index is 702. The molecule has 1 fully saturated rings. The summed E-state index contributed by atoms with van der Waals surface area (Å²) in [5.74, 6) is -0.206. The monoisotopic (exact) mass is 350 g/mol. The lowest BCUT2D eigenvalue weighted by molar-refractivity contribution is -0.123. The highest BCUT2D eigenvalue weighted by molar-refractivity contribution is 9.10. The number of carbonyl (C=O) groups is 2. The highest BCUT2D eigenvalue weighted by atomic mass is 79.9. The van der Waals surface area contributed by atoms with Crippen LogP contribution in [0.1, 0.15) is 23.4 Å². The van der Waals surface area contributed by atoms with Crippen LogP contribution in [0.2, 0.25) is 0 Å². The van der Waals surface area contributed by atoms with Crippen molar-refractivity contribution in [3.8, 4) is 0 Å². The average Bonchev–Trinajstić information content (AvgIpc) is 2.89. The molecule has 3 rings (SSSR count). The molecule has 21 heavy (non-hydrogen) atoms. The number of halogens is 1. The Labute approximate surface area is 130 Å². The van der Waals surface area contributed by atoms with Crippen molar-refractivity contribution in [2.75, 3.05) is 13.1 Å². The van der Waals surface area contributed by atoms with Gasteiger partial charge in [-0.1, -0.05) is 15.9 Å². The number of piperidine rings is 1. The summed E-state index contributed by atoms with van der Waals surface area (Å²) in [5.41, 5.74) is 5.99. The van der Waals surface area contributed by atoms with Crippen molar-refractivity contribution in [2.45, 2.75) is 12.8 Å². The minimum Gasteiger partial charge on any atom is -0.451 e. The van der Waals surface area contributed by atoms with E-state index in [2.05, 4.69) is 15.9 Å².